The zero-order chi connectivity index (χ0) is 22.5. The fourth-order valence-corrected chi connectivity index (χ4v) is 1.80. The highest BCUT2D eigenvalue weighted by Gasteiger charge is 2.21. The molecule has 30 heavy (non-hydrogen) atoms. The van der Waals surface area contributed by atoms with Crippen LogP contribution in [-0.2, 0) is 28.5 Å². The van der Waals surface area contributed by atoms with E-state index in [9.17, 15) is 19.8 Å². The van der Waals surface area contributed by atoms with Gasteiger partial charge in [-0.1, -0.05) is 0 Å². The number of nitrogens with zero attached hydrogens (tertiary/aromatic N) is 6. The fraction of sp³-hybridized carbons (Fsp3) is 0.562. The van der Waals surface area contributed by atoms with Gasteiger partial charge in [-0.15, -0.1) is 0 Å². The van der Waals surface area contributed by atoms with Crippen LogP contribution in [0.5, 0.6) is 0 Å². The molecule has 0 amide bonds. The van der Waals surface area contributed by atoms with Gasteiger partial charge in [-0.3, -0.25) is 19.4 Å². The van der Waals surface area contributed by atoms with Crippen LogP contribution in [0.2, 0.25) is 0 Å². The minimum Gasteiger partial charge on any atom is -0.449 e. The van der Waals surface area contributed by atoms with Gasteiger partial charge in [-0.25, -0.2) is 4.90 Å². The maximum absolute atomic E-state index is 11.2. The molecule has 0 aliphatic rings. The lowest BCUT2D eigenvalue weighted by Gasteiger charge is -2.25. The quantitative estimate of drug-likeness (QED) is 0.179. The summed E-state index contributed by atoms with van der Waals surface area (Å²) in [7, 11) is 2.74. The second-order valence-electron chi connectivity index (χ2n) is 5.39. The highest BCUT2D eigenvalue weighted by Crippen LogP contribution is 2.19. The zero-order valence-corrected chi connectivity index (χ0v) is 17.1. The lowest BCUT2D eigenvalue weighted by Crippen LogP contribution is -2.35. The monoisotopic (exact) mass is 428 g/mol. The van der Waals surface area contributed by atoms with Crippen molar-refractivity contribution in [2.24, 2.45) is 0 Å². The fourth-order valence-electron chi connectivity index (χ4n) is 1.80. The Balaban J connectivity index is 3.43. The number of methoxy groups -OCH3 is 2. The van der Waals surface area contributed by atoms with E-state index < -0.39 is 25.4 Å². The molecule has 0 bridgehead atoms. The van der Waals surface area contributed by atoms with E-state index in [1.165, 1.54) is 33.0 Å². The van der Waals surface area contributed by atoms with Crippen molar-refractivity contribution in [1.29, 1.82) is 0 Å². The Morgan fingerprint density at radius 2 is 1.40 bits per heavy atom. The summed E-state index contributed by atoms with van der Waals surface area (Å²) in [5.74, 6) is -1.38. The molecule has 1 rings (SSSR count). The average Bonchev–Trinajstić information content (AvgIpc) is 2.71. The van der Waals surface area contributed by atoms with E-state index in [-0.39, 0.29) is 38.0 Å². The van der Waals surface area contributed by atoms with Crippen LogP contribution < -0.4 is 14.7 Å². The molecule has 0 saturated carbocycles. The van der Waals surface area contributed by atoms with Gasteiger partial charge in [-0.05, 0) is 0 Å². The van der Waals surface area contributed by atoms with Crippen molar-refractivity contribution in [2.45, 2.75) is 13.8 Å². The molecule has 1 aromatic rings. The van der Waals surface area contributed by atoms with Gasteiger partial charge in [0.05, 0.1) is 13.2 Å². The van der Waals surface area contributed by atoms with Crippen molar-refractivity contribution >= 4 is 29.8 Å². The molecule has 0 spiro atoms. The van der Waals surface area contributed by atoms with Gasteiger partial charge < -0.3 is 29.2 Å². The Labute approximate surface area is 172 Å². The highest BCUT2D eigenvalue weighted by atomic mass is 16.6. The lowest BCUT2D eigenvalue weighted by molar-refractivity contribution is -0.142. The number of aliphatic hydroxyl groups is 2. The molecule has 0 unspecified atom stereocenters. The van der Waals surface area contributed by atoms with Crippen LogP contribution >= 0.6 is 0 Å². The van der Waals surface area contributed by atoms with Crippen molar-refractivity contribution in [3.05, 3.63) is 0 Å². The van der Waals surface area contributed by atoms with Crippen molar-refractivity contribution in [3.8, 4) is 12.2 Å². The Bertz CT molecular complexity index is 768. The van der Waals surface area contributed by atoms with Gasteiger partial charge in [-0.2, -0.15) is 15.0 Å². The van der Waals surface area contributed by atoms with E-state index in [4.69, 9.17) is 14.2 Å². The molecule has 0 aromatic carbocycles. The van der Waals surface area contributed by atoms with E-state index >= 15 is 0 Å². The molecule has 0 radical (unpaired) electrons. The summed E-state index contributed by atoms with van der Waals surface area (Å²) >= 11 is 0. The molecule has 166 valence electrons. The number of aromatic nitrogens is 3. The molecule has 0 atom stereocenters. The number of carbonyl (C=O) groups is 2. The first-order valence-corrected chi connectivity index (χ1v) is 8.40. The van der Waals surface area contributed by atoms with Crippen LogP contribution in [0.25, 0.3) is 0 Å². The van der Waals surface area contributed by atoms with Gasteiger partial charge in [0.1, 0.15) is 26.3 Å². The molecular weight excluding hydrogens is 404 g/mol. The highest BCUT2D eigenvalue weighted by molar-refractivity contribution is 5.66. The standard InChI is InChI=1S/C16H24N6O8/c1-12(25)29-10-21(8-24)15-17-14(20(7-23)5-6-27-3)18-16(19-15)22(9-28-4)11-30-13(2)26/h23-24H,7-11H2,1-4H3. The van der Waals surface area contributed by atoms with E-state index in [1.54, 1.807) is 0 Å². The van der Waals surface area contributed by atoms with Crippen molar-refractivity contribution in [3.63, 3.8) is 0 Å². The second-order valence-corrected chi connectivity index (χ2v) is 5.39. The molecule has 0 fully saturated rings. The molecule has 0 aliphatic carbocycles. The van der Waals surface area contributed by atoms with Crippen molar-refractivity contribution in [1.82, 2.24) is 15.0 Å². The van der Waals surface area contributed by atoms with Gasteiger partial charge in [0.2, 0.25) is 17.8 Å². The number of carbonyl (C=O) groups excluding carboxylic acids is 2. The normalized spacial score (nSPS) is 9.80. The topological polar surface area (TPSA) is 160 Å². The smallest absolute Gasteiger partial charge is 0.304 e. The van der Waals surface area contributed by atoms with E-state index in [2.05, 4.69) is 31.8 Å². The summed E-state index contributed by atoms with van der Waals surface area (Å²) in [5, 5.41) is 19.3. The summed E-state index contributed by atoms with van der Waals surface area (Å²) in [5.41, 5.74) is 0. The summed E-state index contributed by atoms with van der Waals surface area (Å²) in [6.45, 7) is 0.554. The minimum absolute atomic E-state index is 0.0305. The largest absolute Gasteiger partial charge is 0.449 e. The predicted molar refractivity (Wildman–Crippen MR) is 101 cm³/mol. The van der Waals surface area contributed by atoms with Gasteiger partial charge in [0.15, 0.2) is 13.5 Å². The van der Waals surface area contributed by atoms with Crippen molar-refractivity contribution < 1.29 is 38.7 Å². The van der Waals surface area contributed by atoms with Gasteiger partial charge in [0.25, 0.3) is 0 Å². The third-order valence-corrected chi connectivity index (χ3v) is 3.13. The maximum Gasteiger partial charge on any atom is 0.304 e. The third kappa shape index (κ3) is 7.91. The number of rotatable bonds is 11. The van der Waals surface area contributed by atoms with Crippen LogP contribution in [0.4, 0.5) is 17.8 Å². The first-order valence-electron chi connectivity index (χ1n) is 8.40. The van der Waals surface area contributed by atoms with Crippen LogP contribution in [0, 0.1) is 12.2 Å². The first-order chi connectivity index (χ1) is 14.4. The summed E-state index contributed by atoms with van der Waals surface area (Å²) in [4.78, 5) is 38.3. The number of hydrogen-bond donors (Lipinski definition) is 2. The second kappa shape index (κ2) is 12.9. The number of anilines is 3. The summed E-state index contributed by atoms with van der Waals surface area (Å²) < 4.78 is 19.6. The van der Waals surface area contributed by atoms with Crippen LogP contribution in [-0.4, -0.2) is 85.0 Å². The zero-order valence-electron chi connectivity index (χ0n) is 17.1. The molecule has 0 aliphatic heterocycles. The maximum atomic E-state index is 11.2. The van der Waals surface area contributed by atoms with Crippen molar-refractivity contribution in [2.75, 3.05) is 62.6 Å². The molecule has 2 N–H and O–H groups in total. The van der Waals surface area contributed by atoms with Crippen LogP contribution in [0.1, 0.15) is 13.8 Å². The average molecular weight is 428 g/mol. The Morgan fingerprint density at radius 3 is 1.87 bits per heavy atom. The van der Waals surface area contributed by atoms with E-state index in [0.717, 1.165) is 9.80 Å². The molecule has 1 heterocycles. The first kappa shape index (κ1) is 24.6. The van der Waals surface area contributed by atoms with E-state index in [0.29, 0.717) is 0 Å². The summed E-state index contributed by atoms with van der Waals surface area (Å²) in [6, 6.07) is 2.47. The van der Waals surface area contributed by atoms with E-state index in [1.807, 2.05) is 0 Å². The molecular formula is C16H24N6O8. The Hall–Kier alpha value is -3.41. The number of esters is 2. The number of hydrogen-bond acceptors (Lipinski definition) is 14. The van der Waals surface area contributed by atoms with Gasteiger partial charge >= 0.3 is 11.9 Å². The number of ether oxygens (including phenoxy) is 4. The SMILES string of the molecule is COC#CN(CO)c1nc(N(CO)COC(C)=O)nc(N(COC)COC(C)=O)n1. The van der Waals surface area contributed by atoms with Crippen LogP contribution in [0.3, 0.4) is 0 Å². The molecule has 0 saturated heterocycles. The Kier molecular flexibility index (Phi) is 10.6. The third-order valence-electron chi connectivity index (χ3n) is 3.13. The molecule has 14 nitrogen and oxygen atoms in total. The van der Waals surface area contributed by atoms with Gasteiger partial charge in [0, 0.05) is 21.0 Å². The minimum atomic E-state index is -0.604. The molecule has 1 aromatic heterocycles. The van der Waals surface area contributed by atoms with Crippen LogP contribution in [0.15, 0.2) is 0 Å². The lowest BCUT2D eigenvalue weighted by atomic mass is 10.6. The predicted octanol–water partition coefficient (Wildman–Crippen LogP) is -1.60. The summed E-state index contributed by atoms with van der Waals surface area (Å²) in [6.07, 6.45) is 2.29. The number of aliphatic hydroxyl groups excluding tert-OH is 2. The molecule has 14 heteroatoms. The Morgan fingerprint density at radius 1 is 0.867 bits per heavy atom.